The van der Waals surface area contributed by atoms with Gasteiger partial charge in [0, 0.05) is 11.4 Å². The highest BCUT2D eigenvalue weighted by Crippen LogP contribution is 2.13. The number of amides is 2. The van der Waals surface area contributed by atoms with E-state index in [1.807, 2.05) is 30.3 Å². The minimum atomic E-state index is -0.931. The van der Waals surface area contributed by atoms with Crippen molar-refractivity contribution in [3.05, 3.63) is 70.7 Å². The lowest BCUT2D eigenvalue weighted by molar-refractivity contribution is -0.145. The van der Waals surface area contributed by atoms with Gasteiger partial charge in [-0.2, -0.15) is 0 Å². The Labute approximate surface area is 187 Å². The largest absolute Gasteiger partial charge is 0.467 e. The third-order valence-electron chi connectivity index (χ3n) is 4.57. The average molecular weight is 447 g/mol. The third-order valence-corrected chi connectivity index (χ3v) is 4.80. The van der Waals surface area contributed by atoms with Gasteiger partial charge in [-0.3, -0.25) is 4.79 Å². The normalized spacial score (nSPS) is 12.5. The van der Waals surface area contributed by atoms with Crippen LogP contribution in [0, 0.1) is 5.92 Å². The molecule has 8 heteroatoms. The molecule has 0 saturated heterocycles. The number of esters is 1. The average Bonchev–Trinajstić information content (AvgIpc) is 2.75. The molecule has 0 aliphatic rings. The van der Waals surface area contributed by atoms with Crippen molar-refractivity contribution < 1.29 is 23.9 Å². The quantitative estimate of drug-likeness (QED) is 0.575. The zero-order valence-corrected chi connectivity index (χ0v) is 18.5. The Bertz CT molecular complexity index is 889. The molecule has 0 aliphatic heterocycles. The van der Waals surface area contributed by atoms with E-state index in [-0.39, 0.29) is 18.9 Å². The number of benzene rings is 2. The second kappa shape index (κ2) is 12.0. The molecule has 2 aromatic rings. The van der Waals surface area contributed by atoms with Gasteiger partial charge in [0.25, 0.3) is 0 Å². The van der Waals surface area contributed by atoms with Crippen molar-refractivity contribution in [2.45, 2.75) is 39.0 Å². The summed E-state index contributed by atoms with van der Waals surface area (Å²) in [5, 5.41) is 5.77. The molecule has 0 fully saturated rings. The van der Waals surface area contributed by atoms with Gasteiger partial charge < -0.3 is 20.1 Å². The lowest BCUT2D eigenvalue weighted by Crippen LogP contribution is -2.54. The van der Waals surface area contributed by atoms with Gasteiger partial charge in [-0.15, -0.1) is 0 Å². The van der Waals surface area contributed by atoms with Crippen LogP contribution in [0.15, 0.2) is 54.6 Å². The fourth-order valence-corrected chi connectivity index (χ4v) is 3.14. The van der Waals surface area contributed by atoms with Gasteiger partial charge in [-0.25, -0.2) is 9.59 Å². The molecular weight excluding hydrogens is 420 g/mol. The second-order valence-electron chi connectivity index (χ2n) is 7.35. The van der Waals surface area contributed by atoms with E-state index in [0.29, 0.717) is 5.02 Å². The van der Waals surface area contributed by atoms with Crippen molar-refractivity contribution in [2.75, 3.05) is 7.11 Å². The number of carbonyl (C=O) groups is 3. The van der Waals surface area contributed by atoms with Gasteiger partial charge in [0.1, 0.15) is 18.7 Å². The number of halogens is 1. The van der Waals surface area contributed by atoms with Crippen LogP contribution in [0.2, 0.25) is 5.02 Å². The van der Waals surface area contributed by atoms with Gasteiger partial charge >= 0.3 is 12.1 Å². The highest BCUT2D eigenvalue weighted by Gasteiger charge is 2.29. The van der Waals surface area contributed by atoms with E-state index in [4.69, 9.17) is 21.1 Å². The van der Waals surface area contributed by atoms with E-state index in [9.17, 15) is 14.4 Å². The van der Waals surface area contributed by atoms with Gasteiger partial charge in [-0.05, 0) is 29.2 Å². The van der Waals surface area contributed by atoms with E-state index >= 15 is 0 Å². The Morgan fingerprint density at radius 1 is 0.968 bits per heavy atom. The molecular formula is C23H27ClN2O5. The monoisotopic (exact) mass is 446 g/mol. The van der Waals surface area contributed by atoms with Crippen molar-refractivity contribution in [1.82, 2.24) is 10.6 Å². The second-order valence-corrected chi connectivity index (χ2v) is 7.78. The van der Waals surface area contributed by atoms with Crippen LogP contribution in [0.5, 0.6) is 0 Å². The standard InChI is InChI=1S/C23H27ClN2O5/c1-15(2)20(26-23(29)31-14-16-8-5-4-6-9-16)21(27)25-19(22(28)30-3)13-17-10-7-11-18(24)12-17/h4-12,15,19-20H,13-14H2,1-3H3,(H,25,27)(H,26,29)/t19-,20+/m1/s1. The molecule has 2 rings (SSSR count). The number of hydrogen-bond donors (Lipinski definition) is 2. The number of ether oxygens (including phenoxy) is 2. The summed E-state index contributed by atoms with van der Waals surface area (Å²) in [5.74, 6) is -1.35. The molecule has 2 aromatic carbocycles. The van der Waals surface area contributed by atoms with Gasteiger partial charge in [0.05, 0.1) is 7.11 Å². The highest BCUT2D eigenvalue weighted by atomic mass is 35.5. The fraction of sp³-hybridized carbons (Fsp3) is 0.348. The van der Waals surface area contributed by atoms with Crippen LogP contribution in [0.25, 0.3) is 0 Å². The van der Waals surface area contributed by atoms with Gasteiger partial charge in [0.15, 0.2) is 0 Å². The van der Waals surface area contributed by atoms with Crippen molar-refractivity contribution in [3.8, 4) is 0 Å². The van der Waals surface area contributed by atoms with Crippen LogP contribution in [0.1, 0.15) is 25.0 Å². The van der Waals surface area contributed by atoms with Crippen LogP contribution >= 0.6 is 11.6 Å². The van der Waals surface area contributed by atoms with Gasteiger partial charge in [-0.1, -0.05) is 67.9 Å². The Balaban J connectivity index is 2.02. The molecule has 2 atom stereocenters. The lowest BCUT2D eigenvalue weighted by Gasteiger charge is -2.24. The number of rotatable bonds is 9. The van der Waals surface area contributed by atoms with Crippen molar-refractivity contribution >= 4 is 29.6 Å². The number of nitrogens with one attached hydrogen (secondary N) is 2. The minimum absolute atomic E-state index is 0.0820. The van der Waals surface area contributed by atoms with Crippen molar-refractivity contribution in [3.63, 3.8) is 0 Å². The molecule has 0 heterocycles. The lowest BCUT2D eigenvalue weighted by atomic mass is 10.0. The molecule has 2 N–H and O–H groups in total. The Morgan fingerprint density at radius 2 is 1.65 bits per heavy atom. The molecule has 0 radical (unpaired) electrons. The minimum Gasteiger partial charge on any atom is -0.467 e. The summed E-state index contributed by atoms with van der Waals surface area (Å²) in [7, 11) is 1.25. The van der Waals surface area contributed by atoms with E-state index in [2.05, 4.69) is 10.6 Å². The first kappa shape index (κ1) is 24.2. The van der Waals surface area contributed by atoms with E-state index < -0.39 is 30.1 Å². The zero-order valence-electron chi connectivity index (χ0n) is 17.8. The predicted octanol–water partition coefficient (Wildman–Crippen LogP) is 3.49. The summed E-state index contributed by atoms with van der Waals surface area (Å²) >= 11 is 6.01. The number of carbonyl (C=O) groups excluding carboxylic acids is 3. The smallest absolute Gasteiger partial charge is 0.408 e. The molecule has 0 aromatic heterocycles. The van der Waals surface area contributed by atoms with Crippen LogP contribution in [0.3, 0.4) is 0 Å². The maximum Gasteiger partial charge on any atom is 0.408 e. The molecule has 0 saturated carbocycles. The Kier molecular flexibility index (Phi) is 9.34. The van der Waals surface area contributed by atoms with Crippen LogP contribution in [-0.2, 0) is 32.1 Å². The third kappa shape index (κ3) is 7.94. The number of hydrogen-bond acceptors (Lipinski definition) is 5. The van der Waals surface area contributed by atoms with E-state index in [1.54, 1.807) is 38.1 Å². The molecule has 0 bridgehead atoms. The zero-order chi connectivity index (χ0) is 22.8. The topological polar surface area (TPSA) is 93.7 Å². The van der Waals surface area contributed by atoms with Crippen LogP contribution in [-0.4, -0.2) is 37.2 Å². The van der Waals surface area contributed by atoms with E-state index in [0.717, 1.165) is 11.1 Å². The molecule has 166 valence electrons. The van der Waals surface area contributed by atoms with Crippen molar-refractivity contribution in [1.29, 1.82) is 0 Å². The van der Waals surface area contributed by atoms with Crippen LogP contribution in [0.4, 0.5) is 4.79 Å². The predicted molar refractivity (Wildman–Crippen MR) is 117 cm³/mol. The highest BCUT2D eigenvalue weighted by molar-refractivity contribution is 6.30. The SMILES string of the molecule is COC(=O)[C@@H](Cc1cccc(Cl)c1)NC(=O)[C@@H](NC(=O)OCc1ccccc1)C(C)C. The summed E-state index contributed by atoms with van der Waals surface area (Å²) in [5.41, 5.74) is 1.59. The first-order valence-electron chi connectivity index (χ1n) is 9.90. The Hall–Kier alpha value is -3.06. The molecule has 2 amide bonds. The fourth-order valence-electron chi connectivity index (χ4n) is 2.92. The molecule has 0 unspecified atom stereocenters. The van der Waals surface area contributed by atoms with E-state index in [1.165, 1.54) is 7.11 Å². The van der Waals surface area contributed by atoms with Crippen molar-refractivity contribution in [2.24, 2.45) is 5.92 Å². The first-order valence-corrected chi connectivity index (χ1v) is 10.3. The molecule has 0 spiro atoms. The Morgan fingerprint density at radius 3 is 2.26 bits per heavy atom. The molecule has 31 heavy (non-hydrogen) atoms. The molecule has 0 aliphatic carbocycles. The first-order chi connectivity index (χ1) is 14.8. The summed E-state index contributed by atoms with van der Waals surface area (Å²) < 4.78 is 10.0. The summed E-state index contributed by atoms with van der Waals surface area (Å²) in [4.78, 5) is 37.3. The maximum absolute atomic E-state index is 12.9. The maximum atomic E-state index is 12.9. The van der Waals surface area contributed by atoms with Gasteiger partial charge in [0.2, 0.25) is 5.91 Å². The summed E-state index contributed by atoms with van der Waals surface area (Å²) in [6.07, 6.45) is -0.524. The number of alkyl carbamates (subject to hydrolysis) is 1. The molecule has 7 nitrogen and oxygen atoms in total. The number of methoxy groups -OCH3 is 1. The summed E-state index contributed by atoms with van der Waals surface area (Å²) in [6, 6.07) is 14.4. The summed E-state index contributed by atoms with van der Waals surface area (Å²) in [6.45, 7) is 3.65. The van der Waals surface area contributed by atoms with Crippen LogP contribution < -0.4 is 10.6 Å².